The largest absolute Gasteiger partial charge is 0.484 e. The van der Waals surface area contributed by atoms with E-state index in [-0.39, 0.29) is 12.5 Å². The second-order valence-corrected chi connectivity index (χ2v) is 8.45. The van der Waals surface area contributed by atoms with Crippen LogP contribution in [0.5, 0.6) is 5.75 Å². The van der Waals surface area contributed by atoms with Crippen LogP contribution in [0.15, 0.2) is 103 Å². The Hall–Kier alpha value is -4.05. The van der Waals surface area contributed by atoms with Gasteiger partial charge in [0, 0.05) is 41.4 Å². The smallest absolute Gasteiger partial charge is 0.261 e. The lowest BCUT2D eigenvalue weighted by molar-refractivity contribution is -0.134. The molecule has 0 aliphatic heterocycles. The highest BCUT2D eigenvalue weighted by Crippen LogP contribution is 2.30. The van der Waals surface area contributed by atoms with E-state index in [1.165, 1.54) is 21.8 Å². The lowest BCUT2D eigenvalue weighted by atomic mass is 10.1. The molecule has 0 atom stereocenters. The zero-order valence-corrected chi connectivity index (χ0v) is 19.4. The van der Waals surface area contributed by atoms with Gasteiger partial charge < -0.3 is 14.2 Å². The number of carbonyl (C=O) groups is 1. The van der Waals surface area contributed by atoms with Crippen LogP contribution in [0.3, 0.4) is 0 Å². The first kappa shape index (κ1) is 21.8. The summed E-state index contributed by atoms with van der Waals surface area (Å²) in [4.78, 5) is 15.1. The van der Waals surface area contributed by atoms with Gasteiger partial charge in [-0.1, -0.05) is 72.8 Å². The Morgan fingerprint density at radius 1 is 0.735 bits per heavy atom. The molecule has 0 bridgehead atoms. The van der Waals surface area contributed by atoms with Crippen molar-refractivity contribution < 1.29 is 9.53 Å². The number of rotatable bonds is 8. The summed E-state index contributed by atoms with van der Waals surface area (Å²) >= 11 is 0. The van der Waals surface area contributed by atoms with Gasteiger partial charge in [-0.3, -0.25) is 4.79 Å². The molecule has 1 aromatic heterocycles. The molecule has 0 unspecified atom stereocenters. The van der Waals surface area contributed by atoms with E-state index in [1.54, 1.807) is 0 Å². The molecule has 0 aliphatic rings. The van der Waals surface area contributed by atoms with Gasteiger partial charge in [0.25, 0.3) is 5.91 Å². The Morgan fingerprint density at radius 3 is 2.15 bits per heavy atom. The molecule has 5 rings (SSSR count). The Labute approximate surface area is 200 Å². The third-order valence-electron chi connectivity index (χ3n) is 6.20. The number of carbonyl (C=O) groups excluding carboxylic acids is 1. The molecule has 4 aromatic carbocycles. The number of nitrogens with zero attached hydrogens (tertiary/aromatic N) is 2. The van der Waals surface area contributed by atoms with Crippen molar-refractivity contribution in [1.82, 2.24) is 9.47 Å². The molecule has 170 valence electrons. The zero-order valence-electron chi connectivity index (χ0n) is 19.4. The number of benzene rings is 4. The number of fused-ring (bicyclic) bond motifs is 3. The van der Waals surface area contributed by atoms with E-state index >= 15 is 0 Å². The predicted molar refractivity (Wildman–Crippen MR) is 138 cm³/mol. The van der Waals surface area contributed by atoms with Crippen LogP contribution >= 0.6 is 0 Å². The Kier molecular flexibility index (Phi) is 6.30. The lowest BCUT2D eigenvalue weighted by Gasteiger charge is -2.23. The molecule has 0 N–H and O–H groups in total. The number of hydrogen-bond acceptors (Lipinski definition) is 2. The summed E-state index contributed by atoms with van der Waals surface area (Å²) in [7, 11) is 0. The normalized spacial score (nSPS) is 11.1. The third kappa shape index (κ3) is 4.53. The lowest BCUT2D eigenvalue weighted by Crippen LogP contribution is -2.34. The fraction of sp³-hybridized carbons (Fsp3) is 0.167. The SMILES string of the molecule is CCn1c2ccccc2c2cc(CN(Cc3ccccc3)C(=O)COc3ccccc3)ccc21. The fourth-order valence-electron chi connectivity index (χ4n) is 4.55. The molecule has 4 nitrogen and oxygen atoms in total. The molecular formula is C30H28N2O2. The average Bonchev–Trinajstić information content (AvgIpc) is 3.21. The Balaban J connectivity index is 1.44. The number of aryl methyl sites for hydroxylation is 1. The quantitative estimate of drug-likeness (QED) is 0.274. The number of hydrogen-bond donors (Lipinski definition) is 0. The highest BCUT2D eigenvalue weighted by molar-refractivity contribution is 6.08. The summed E-state index contributed by atoms with van der Waals surface area (Å²) in [6.45, 7) is 4.15. The maximum absolute atomic E-state index is 13.2. The summed E-state index contributed by atoms with van der Waals surface area (Å²) in [5.41, 5.74) is 4.67. The minimum atomic E-state index is -0.0382. The number of amides is 1. The molecular weight excluding hydrogens is 420 g/mol. The van der Waals surface area contributed by atoms with Crippen molar-refractivity contribution in [3.63, 3.8) is 0 Å². The number of para-hydroxylation sites is 2. The van der Waals surface area contributed by atoms with E-state index in [0.29, 0.717) is 18.8 Å². The van der Waals surface area contributed by atoms with Gasteiger partial charge in [0.1, 0.15) is 5.75 Å². The van der Waals surface area contributed by atoms with E-state index in [4.69, 9.17) is 4.74 Å². The van der Waals surface area contributed by atoms with Gasteiger partial charge in [-0.05, 0) is 48.4 Å². The monoisotopic (exact) mass is 448 g/mol. The molecule has 0 aliphatic carbocycles. The van der Waals surface area contributed by atoms with Crippen molar-refractivity contribution in [3.8, 4) is 5.75 Å². The highest BCUT2D eigenvalue weighted by Gasteiger charge is 2.17. The van der Waals surface area contributed by atoms with Crippen LogP contribution < -0.4 is 4.74 Å². The summed E-state index contributed by atoms with van der Waals surface area (Å²) in [6, 6.07) is 34.6. The fourth-order valence-corrected chi connectivity index (χ4v) is 4.55. The summed E-state index contributed by atoms with van der Waals surface area (Å²) < 4.78 is 8.12. The Bertz CT molecular complexity index is 1410. The van der Waals surface area contributed by atoms with E-state index < -0.39 is 0 Å². The first-order valence-electron chi connectivity index (χ1n) is 11.7. The number of aromatic nitrogens is 1. The molecule has 34 heavy (non-hydrogen) atoms. The van der Waals surface area contributed by atoms with Gasteiger partial charge in [-0.2, -0.15) is 0 Å². The van der Waals surface area contributed by atoms with Crippen molar-refractivity contribution in [2.45, 2.75) is 26.6 Å². The molecule has 0 saturated carbocycles. The second kappa shape index (κ2) is 9.84. The van der Waals surface area contributed by atoms with Gasteiger partial charge >= 0.3 is 0 Å². The molecule has 1 amide bonds. The predicted octanol–water partition coefficient (Wildman–Crippen LogP) is 6.42. The molecule has 0 radical (unpaired) electrons. The third-order valence-corrected chi connectivity index (χ3v) is 6.20. The van der Waals surface area contributed by atoms with Crippen molar-refractivity contribution in [1.29, 1.82) is 0 Å². The summed E-state index contributed by atoms with van der Waals surface area (Å²) in [5.74, 6) is 0.660. The first-order chi connectivity index (χ1) is 16.7. The van der Waals surface area contributed by atoms with Gasteiger partial charge in [0.2, 0.25) is 0 Å². The molecule has 0 saturated heterocycles. The van der Waals surface area contributed by atoms with E-state index in [9.17, 15) is 4.79 Å². The van der Waals surface area contributed by atoms with Crippen LogP contribution in [-0.4, -0.2) is 22.0 Å². The maximum Gasteiger partial charge on any atom is 0.261 e. The van der Waals surface area contributed by atoms with Crippen LogP contribution in [0.4, 0.5) is 0 Å². The zero-order chi connectivity index (χ0) is 23.3. The maximum atomic E-state index is 13.2. The van der Waals surface area contributed by atoms with E-state index in [0.717, 1.165) is 17.7 Å². The van der Waals surface area contributed by atoms with Crippen LogP contribution in [0.25, 0.3) is 21.8 Å². The van der Waals surface area contributed by atoms with Crippen LogP contribution in [0.1, 0.15) is 18.1 Å². The topological polar surface area (TPSA) is 34.5 Å². The van der Waals surface area contributed by atoms with Gasteiger partial charge in [-0.15, -0.1) is 0 Å². The highest BCUT2D eigenvalue weighted by atomic mass is 16.5. The molecule has 0 fully saturated rings. The number of ether oxygens (including phenoxy) is 1. The Morgan fingerprint density at radius 2 is 1.38 bits per heavy atom. The van der Waals surface area contributed by atoms with Gasteiger partial charge in [0.05, 0.1) is 0 Å². The van der Waals surface area contributed by atoms with E-state index in [2.05, 4.69) is 66.1 Å². The minimum absolute atomic E-state index is 0.00817. The summed E-state index contributed by atoms with van der Waals surface area (Å²) in [5, 5.41) is 2.47. The van der Waals surface area contributed by atoms with Crippen LogP contribution in [-0.2, 0) is 24.4 Å². The average molecular weight is 449 g/mol. The van der Waals surface area contributed by atoms with Crippen molar-refractivity contribution >= 4 is 27.7 Å². The van der Waals surface area contributed by atoms with Gasteiger partial charge in [0.15, 0.2) is 6.61 Å². The summed E-state index contributed by atoms with van der Waals surface area (Å²) in [6.07, 6.45) is 0. The molecule has 4 heteroatoms. The molecule has 0 spiro atoms. The van der Waals surface area contributed by atoms with E-state index in [1.807, 2.05) is 53.4 Å². The van der Waals surface area contributed by atoms with Gasteiger partial charge in [-0.25, -0.2) is 0 Å². The van der Waals surface area contributed by atoms with Crippen molar-refractivity contribution in [2.24, 2.45) is 0 Å². The first-order valence-corrected chi connectivity index (χ1v) is 11.7. The molecule has 1 heterocycles. The molecule has 5 aromatic rings. The second-order valence-electron chi connectivity index (χ2n) is 8.45. The minimum Gasteiger partial charge on any atom is -0.484 e. The van der Waals surface area contributed by atoms with Crippen molar-refractivity contribution in [2.75, 3.05) is 6.61 Å². The van der Waals surface area contributed by atoms with Crippen molar-refractivity contribution in [3.05, 3.63) is 114 Å². The van der Waals surface area contributed by atoms with Crippen LogP contribution in [0.2, 0.25) is 0 Å². The van der Waals surface area contributed by atoms with Crippen LogP contribution in [0, 0.1) is 0 Å². The standard InChI is InChI=1S/C30H28N2O2/c1-2-32-28-16-10-9-15-26(28)27-19-24(17-18-29(27)32)21-31(20-23-11-5-3-6-12-23)30(33)22-34-25-13-7-4-8-14-25/h3-19H,2,20-22H2,1H3.